The number of anilines is 1. The minimum Gasteiger partial charge on any atom is -0.398 e. The van der Waals surface area contributed by atoms with Gasteiger partial charge in [-0.1, -0.05) is 26.0 Å². The third kappa shape index (κ3) is 3.79. The lowest BCUT2D eigenvalue weighted by Crippen LogP contribution is -2.33. The Labute approximate surface area is 133 Å². The molecule has 0 saturated heterocycles. The van der Waals surface area contributed by atoms with Crippen molar-refractivity contribution in [3.8, 4) is 0 Å². The van der Waals surface area contributed by atoms with E-state index in [0.717, 1.165) is 22.1 Å². The molecule has 0 bridgehead atoms. The Morgan fingerprint density at radius 1 is 1.10 bits per heavy atom. The van der Waals surface area contributed by atoms with Crippen LogP contribution < -0.4 is 10.3 Å². The van der Waals surface area contributed by atoms with Crippen LogP contribution in [0.1, 0.15) is 19.4 Å². The normalized spacial score (nSPS) is 10.0. The van der Waals surface area contributed by atoms with Crippen LogP contribution in [0, 0.1) is 0 Å². The molecule has 0 aliphatic heterocycles. The molecule has 0 radical (unpaired) electrons. The van der Waals surface area contributed by atoms with Crippen molar-refractivity contribution in [3.05, 3.63) is 65.2 Å². The smallest absolute Gasteiger partial charge is 0.173 e. The molecule has 4 heteroatoms. The van der Waals surface area contributed by atoms with Gasteiger partial charge in [-0.05, 0) is 27.4 Å². The molecule has 2 aromatic heterocycles. The van der Waals surface area contributed by atoms with Gasteiger partial charge in [0.15, 0.2) is 18.9 Å². The predicted molar refractivity (Wildman–Crippen MR) is 90.9 cm³/mol. The standard InChI is InChI=1S/C15H12BrN3.C2H6/c16-15-9-18-8-12-2-1-11(7-14(12)15)10-19-5-3-13(17)4-6-19;1-2/h1-9,17H,10H2;1-2H3/p+1. The van der Waals surface area contributed by atoms with Gasteiger partial charge in [0.1, 0.15) is 0 Å². The molecule has 2 heterocycles. The summed E-state index contributed by atoms with van der Waals surface area (Å²) in [6.45, 7) is 4.82. The first-order valence-electron chi connectivity index (χ1n) is 6.99. The second-order valence-corrected chi connectivity index (χ2v) is 5.33. The summed E-state index contributed by atoms with van der Waals surface area (Å²) < 4.78 is 3.13. The van der Waals surface area contributed by atoms with Crippen LogP contribution in [0.2, 0.25) is 0 Å². The lowest BCUT2D eigenvalue weighted by Gasteiger charge is -2.03. The van der Waals surface area contributed by atoms with Crippen molar-refractivity contribution in [1.82, 2.24) is 4.98 Å². The van der Waals surface area contributed by atoms with E-state index < -0.39 is 0 Å². The van der Waals surface area contributed by atoms with Gasteiger partial charge in [0, 0.05) is 45.6 Å². The van der Waals surface area contributed by atoms with Crippen LogP contribution in [0.3, 0.4) is 0 Å². The molecule has 108 valence electrons. The van der Waals surface area contributed by atoms with Gasteiger partial charge >= 0.3 is 0 Å². The summed E-state index contributed by atoms with van der Waals surface area (Å²) in [6.07, 6.45) is 7.67. The molecule has 1 aromatic carbocycles. The number of pyridine rings is 2. The summed E-state index contributed by atoms with van der Waals surface area (Å²) in [6, 6.07) is 10.2. The van der Waals surface area contributed by atoms with Gasteiger partial charge < -0.3 is 5.73 Å². The summed E-state index contributed by atoms with van der Waals surface area (Å²) in [5.41, 5.74) is 7.71. The topological polar surface area (TPSA) is 42.8 Å². The molecule has 3 nitrogen and oxygen atoms in total. The number of hydrogen-bond acceptors (Lipinski definition) is 2. The second kappa shape index (κ2) is 7.18. The largest absolute Gasteiger partial charge is 0.398 e. The fourth-order valence-corrected chi connectivity index (χ4v) is 2.52. The third-order valence-electron chi connectivity index (χ3n) is 3.06. The first-order valence-corrected chi connectivity index (χ1v) is 7.78. The van der Waals surface area contributed by atoms with Crippen LogP contribution in [0.25, 0.3) is 10.8 Å². The molecule has 0 amide bonds. The molecule has 0 aliphatic rings. The van der Waals surface area contributed by atoms with E-state index >= 15 is 0 Å². The molecule has 0 unspecified atom stereocenters. The molecule has 2 N–H and O–H groups in total. The summed E-state index contributed by atoms with van der Waals surface area (Å²) in [4.78, 5) is 4.17. The van der Waals surface area contributed by atoms with Gasteiger partial charge in [-0.25, -0.2) is 4.57 Å². The Morgan fingerprint density at radius 3 is 2.52 bits per heavy atom. The van der Waals surface area contributed by atoms with Crippen LogP contribution in [0.5, 0.6) is 0 Å². The van der Waals surface area contributed by atoms with E-state index in [1.807, 2.05) is 50.8 Å². The van der Waals surface area contributed by atoms with E-state index in [1.54, 1.807) is 0 Å². The number of benzene rings is 1. The molecular formula is C17H19BrN3+. The number of fused-ring (bicyclic) bond motifs is 1. The van der Waals surface area contributed by atoms with Crippen molar-refractivity contribution in [2.45, 2.75) is 20.4 Å². The van der Waals surface area contributed by atoms with Crippen molar-refractivity contribution < 1.29 is 4.57 Å². The highest BCUT2D eigenvalue weighted by molar-refractivity contribution is 9.10. The second-order valence-electron chi connectivity index (χ2n) is 4.48. The number of nitrogen functional groups attached to an aromatic ring is 1. The number of aromatic nitrogens is 2. The summed E-state index contributed by atoms with van der Waals surface area (Å²) >= 11 is 3.54. The molecule has 3 aromatic rings. The lowest BCUT2D eigenvalue weighted by atomic mass is 10.1. The monoisotopic (exact) mass is 344 g/mol. The van der Waals surface area contributed by atoms with E-state index in [1.165, 1.54) is 10.9 Å². The summed E-state index contributed by atoms with van der Waals surface area (Å²) in [7, 11) is 0. The van der Waals surface area contributed by atoms with Crippen LogP contribution in [-0.4, -0.2) is 4.98 Å². The van der Waals surface area contributed by atoms with Gasteiger partial charge in [-0.2, -0.15) is 0 Å². The third-order valence-corrected chi connectivity index (χ3v) is 3.69. The number of nitrogens with two attached hydrogens (primary N) is 1. The quantitative estimate of drug-likeness (QED) is 0.715. The molecule has 0 fully saturated rings. The van der Waals surface area contributed by atoms with Crippen molar-refractivity contribution in [2.24, 2.45) is 0 Å². The fraction of sp³-hybridized carbons (Fsp3) is 0.176. The zero-order valence-corrected chi connectivity index (χ0v) is 13.8. The van der Waals surface area contributed by atoms with Crippen LogP contribution >= 0.6 is 15.9 Å². The van der Waals surface area contributed by atoms with Crippen LogP contribution in [-0.2, 0) is 6.54 Å². The molecule has 0 atom stereocenters. The molecular weight excluding hydrogens is 326 g/mol. The highest BCUT2D eigenvalue weighted by Gasteiger charge is 2.05. The first kappa shape index (κ1) is 15.4. The maximum atomic E-state index is 5.69. The van der Waals surface area contributed by atoms with Gasteiger partial charge in [-0.15, -0.1) is 0 Å². The molecule has 3 rings (SSSR count). The Balaban J connectivity index is 0.000000774. The highest BCUT2D eigenvalue weighted by Crippen LogP contribution is 2.23. The highest BCUT2D eigenvalue weighted by atomic mass is 79.9. The Morgan fingerprint density at radius 2 is 1.81 bits per heavy atom. The Hall–Kier alpha value is -1.94. The van der Waals surface area contributed by atoms with E-state index in [2.05, 4.69) is 43.7 Å². The average molecular weight is 345 g/mol. The predicted octanol–water partition coefficient (Wildman–Crippen LogP) is 3.94. The van der Waals surface area contributed by atoms with E-state index in [9.17, 15) is 0 Å². The maximum absolute atomic E-state index is 5.69. The lowest BCUT2D eigenvalue weighted by molar-refractivity contribution is -0.688. The maximum Gasteiger partial charge on any atom is 0.173 e. The number of halogens is 1. The first-order chi connectivity index (χ1) is 10.2. The van der Waals surface area contributed by atoms with E-state index in [0.29, 0.717) is 0 Å². The number of nitrogens with zero attached hydrogens (tertiary/aromatic N) is 2. The van der Waals surface area contributed by atoms with Crippen LogP contribution in [0.15, 0.2) is 59.6 Å². The van der Waals surface area contributed by atoms with Gasteiger partial charge in [0.25, 0.3) is 0 Å². The average Bonchev–Trinajstić information content (AvgIpc) is 2.52. The van der Waals surface area contributed by atoms with Gasteiger partial charge in [0.2, 0.25) is 0 Å². The van der Waals surface area contributed by atoms with Crippen LogP contribution in [0.4, 0.5) is 5.69 Å². The molecule has 0 saturated carbocycles. The zero-order valence-electron chi connectivity index (χ0n) is 12.3. The molecule has 21 heavy (non-hydrogen) atoms. The van der Waals surface area contributed by atoms with Crippen molar-refractivity contribution in [2.75, 3.05) is 5.73 Å². The van der Waals surface area contributed by atoms with Crippen molar-refractivity contribution in [3.63, 3.8) is 0 Å². The van der Waals surface area contributed by atoms with Crippen molar-refractivity contribution in [1.29, 1.82) is 0 Å². The van der Waals surface area contributed by atoms with Gasteiger partial charge in [-0.3, -0.25) is 4.98 Å². The summed E-state index contributed by atoms with van der Waals surface area (Å²) in [5, 5.41) is 2.32. The van der Waals surface area contributed by atoms with Gasteiger partial charge in [0.05, 0.1) is 0 Å². The Kier molecular flexibility index (Phi) is 5.28. The van der Waals surface area contributed by atoms with Crippen molar-refractivity contribution >= 4 is 32.4 Å². The number of hydrogen-bond donors (Lipinski definition) is 1. The SMILES string of the molecule is CC.Nc1cc[n+](Cc2ccc3cncc(Br)c3c2)cc1. The fourth-order valence-electron chi connectivity index (χ4n) is 2.06. The Bertz CT molecular complexity index is 724. The van der Waals surface area contributed by atoms with E-state index in [-0.39, 0.29) is 0 Å². The van der Waals surface area contributed by atoms with E-state index in [4.69, 9.17) is 5.73 Å². The summed E-state index contributed by atoms with van der Waals surface area (Å²) in [5.74, 6) is 0. The molecule has 0 aliphatic carbocycles. The minimum atomic E-state index is 0.781. The number of rotatable bonds is 2. The zero-order chi connectivity index (χ0) is 15.2. The molecule has 0 spiro atoms. The minimum absolute atomic E-state index is 0.781.